The van der Waals surface area contributed by atoms with Gasteiger partial charge >= 0.3 is 0 Å². The molecule has 1 saturated heterocycles. The normalized spacial score (nSPS) is 18.5. The van der Waals surface area contributed by atoms with Crippen molar-refractivity contribution in [2.24, 2.45) is 10.9 Å². The third-order valence-corrected chi connectivity index (χ3v) is 3.74. The molecule has 7 heteroatoms. The van der Waals surface area contributed by atoms with Gasteiger partial charge in [0.25, 0.3) is 5.69 Å². The summed E-state index contributed by atoms with van der Waals surface area (Å²) in [7, 11) is 1.77. The fourth-order valence-electron chi connectivity index (χ4n) is 2.68. The van der Waals surface area contributed by atoms with Crippen molar-refractivity contribution in [1.82, 2.24) is 10.2 Å². The Kier molecular flexibility index (Phi) is 7.57. The lowest BCUT2D eigenvalue weighted by atomic mass is 10.0. The number of piperidine rings is 1. The van der Waals surface area contributed by atoms with Gasteiger partial charge < -0.3 is 10.2 Å². The van der Waals surface area contributed by atoms with Crippen molar-refractivity contribution in [3.63, 3.8) is 0 Å². The SMILES string of the molecule is CN=C(NCc1cccc([N+](=O)[O-])c1)N1CCCC(C)C1.I. The van der Waals surface area contributed by atoms with E-state index in [9.17, 15) is 10.1 Å². The summed E-state index contributed by atoms with van der Waals surface area (Å²) in [5.41, 5.74) is 1.01. The fourth-order valence-corrected chi connectivity index (χ4v) is 2.68. The first-order valence-electron chi connectivity index (χ1n) is 7.29. The average Bonchev–Trinajstić information content (AvgIpc) is 2.48. The van der Waals surface area contributed by atoms with Crippen LogP contribution in [0.25, 0.3) is 0 Å². The summed E-state index contributed by atoms with van der Waals surface area (Å²) in [5, 5.41) is 14.1. The number of rotatable bonds is 3. The van der Waals surface area contributed by atoms with E-state index in [0.717, 1.165) is 24.6 Å². The van der Waals surface area contributed by atoms with E-state index in [2.05, 4.69) is 22.1 Å². The van der Waals surface area contributed by atoms with Crippen LogP contribution in [0.15, 0.2) is 29.3 Å². The van der Waals surface area contributed by atoms with Crippen molar-refractivity contribution in [3.05, 3.63) is 39.9 Å². The van der Waals surface area contributed by atoms with Gasteiger partial charge in [0.2, 0.25) is 0 Å². The number of nitrogens with one attached hydrogen (secondary N) is 1. The number of hydrogen-bond donors (Lipinski definition) is 1. The minimum Gasteiger partial charge on any atom is -0.352 e. The molecular formula is C15H23IN4O2. The van der Waals surface area contributed by atoms with Crippen LogP contribution in [0.2, 0.25) is 0 Å². The molecule has 1 unspecified atom stereocenters. The molecule has 122 valence electrons. The van der Waals surface area contributed by atoms with E-state index in [1.807, 2.05) is 6.07 Å². The Morgan fingerprint density at radius 3 is 2.95 bits per heavy atom. The Balaban J connectivity index is 0.00000242. The van der Waals surface area contributed by atoms with E-state index < -0.39 is 0 Å². The van der Waals surface area contributed by atoms with E-state index in [0.29, 0.717) is 12.5 Å². The van der Waals surface area contributed by atoms with Gasteiger partial charge in [-0.05, 0) is 24.3 Å². The molecule has 1 aromatic carbocycles. The maximum absolute atomic E-state index is 10.8. The van der Waals surface area contributed by atoms with Gasteiger partial charge in [0.15, 0.2) is 5.96 Å². The summed E-state index contributed by atoms with van der Waals surface area (Å²) in [6.07, 6.45) is 2.44. The summed E-state index contributed by atoms with van der Waals surface area (Å²) in [5.74, 6) is 1.54. The first-order chi connectivity index (χ1) is 10.1. The Bertz CT molecular complexity index is 536. The van der Waals surface area contributed by atoms with Crippen LogP contribution < -0.4 is 5.32 Å². The summed E-state index contributed by atoms with van der Waals surface area (Å²) >= 11 is 0. The monoisotopic (exact) mass is 418 g/mol. The van der Waals surface area contributed by atoms with Crippen molar-refractivity contribution in [1.29, 1.82) is 0 Å². The van der Waals surface area contributed by atoms with E-state index >= 15 is 0 Å². The van der Waals surface area contributed by atoms with Gasteiger partial charge in [-0.1, -0.05) is 19.1 Å². The number of non-ortho nitro benzene ring substituents is 1. The van der Waals surface area contributed by atoms with Crippen molar-refractivity contribution in [3.8, 4) is 0 Å². The highest BCUT2D eigenvalue weighted by molar-refractivity contribution is 14.0. The first-order valence-corrected chi connectivity index (χ1v) is 7.29. The van der Waals surface area contributed by atoms with Crippen LogP contribution in [0.4, 0.5) is 5.69 Å². The van der Waals surface area contributed by atoms with Gasteiger partial charge in [0, 0.05) is 38.8 Å². The number of nitro groups is 1. The van der Waals surface area contributed by atoms with E-state index in [4.69, 9.17) is 0 Å². The number of nitro benzene ring substituents is 1. The standard InChI is InChI=1S/C15H22N4O2.HI/c1-12-5-4-8-18(11-12)15(16-2)17-10-13-6-3-7-14(9-13)19(20)21;/h3,6-7,9,12H,4-5,8,10-11H2,1-2H3,(H,16,17);1H. The fraction of sp³-hybridized carbons (Fsp3) is 0.533. The quantitative estimate of drug-likeness (QED) is 0.269. The molecule has 2 rings (SSSR count). The van der Waals surface area contributed by atoms with Gasteiger partial charge in [-0.3, -0.25) is 15.1 Å². The molecule has 0 amide bonds. The summed E-state index contributed by atoms with van der Waals surface area (Å²) in [6.45, 7) is 4.81. The Hall–Kier alpha value is -1.38. The zero-order valence-electron chi connectivity index (χ0n) is 13.0. The molecule has 0 spiro atoms. The molecule has 1 heterocycles. The molecule has 0 aromatic heterocycles. The number of nitrogens with zero attached hydrogens (tertiary/aromatic N) is 3. The zero-order chi connectivity index (χ0) is 15.2. The summed E-state index contributed by atoms with van der Waals surface area (Å²) in [6, 6.07) is 6.69. The molecule has 1 atom stereocenters. The third kappa shape index (κ3) is 5.11. The van der Waals surface area contributed by atoms with Crippen LogP contribution in [0.5, 0.6) is 0 Å². The van der Waals surface area contributed by atoms with Crippen LogP contribution in [0.1, 0.15) is 25.3 Å². The maximum Gasteiger partial charge on any atom is 0.269 e. The van der Waals surface area contributed by atoms with Gasteiger partial charge in [-0.25, -0.2) is 0 Å². The highest BCUT2D eigenvalue weighted by atomic mass is 127. The Morgan fingerprint density at radius 1 is 1.55 bits per heavy atom. The molecule has 22 heavy (non-hydrogen) atoms. The van der Waals surface area contributed by atoms with Gasteiger partial charge in [-0.15, -0.1) is 24.0 Å². The minimum absolute atomic E-state index is 0. The third-order valence-electron chi connectivity index (χ3n) is 3.74. The van der Waals surface area contributed by atoms with E-state index in [-0.39, 0.29) is 34.6 Å². The molecular weight excluding hydrogens is 395 g/mol. The second-order valence-corrected chi connectivity index (χ2v) is 5.52. The lowest BCUT2D eigenvalue weighted by Gasteiger charge is -2.33. The molecule has 1 fully saturated rings. The first kappa shape index (κ1) is 18.7. The van der Waals surface area contributed by atoms with Crippen molar-refractivity contribution in [2.45, 2.75) is 26.3 Å². The predicted octanol–water partition coefficient (Wildman–Crippen LogP) is 3.02. The highest BCUT2D eigenvalue weighted by Crippen LogP contribution is 2.16. The van der Waals surface area contributed by atoms with Crippen LogP contribution in [0.3, 0.4) is 0 Å². The number of aliphatic imine (C=N–C) groups is 1. The second kappa shape index (κ2) is 8.92. The number of hydrogen-bond acceptors (Lipinski definition) is 3. The Morgan fingerprint density at radius 2 is 2.32 bits per heavy atom. The molecule has 1 aliphatic heterocycles. The van der Waals surface area contributed by atoms with Crippen LogP contribution >= 0.6 is 24.0 Å². The highest BCUT2D eigenvalue weighted by Gasteiger charge is 2.19. The topological polar surface area (TPSA) is 70.8 Å². The smallest absolute Gasteiger partial charge is 0.269 e. The molecule has 0 saturated carbocycles. The van der Waals surface area contributed by atoms with Crippen molar-refractivity contribution in [2.75, 3.05) is 20.1 Å². The Labute approximate surface area is 148 Å². The van der Waals surface area contributed by atoms with Crippen LogP contribution in [0, 0.1) is 16.0 Å². The zero-order valence-corrected chi connectivity index (χ0v) is 15.3. The maximum atomic E-state index is 10.8. The van der Waals surface area contributed by atoms with E-state index in [1.165, 1.54) is 18.9 Å². The minimum atomic E-state index is -0.370. The number of guanidine groups is 1. The molecule has 1 aromatic rings. The molecule has 1 N–H and O–H groups in total. The lowest BCUT2D eigenvalue weighted by Crippen LogP contribution is -2.45. The lowest BCUT2D eigenvalue weighted by molar-refractivity contribution is -0.384. The summed E-state index contributed by atoms with van der Waals surface area (Å²) in [4.78, 5) is 17.0. The molecule has 6 nitrogen and oxygen atoms in total. The average molecular weight is 418 g/mol. The summed E-state index contributed by atoms with van der Waals surface area (Å²) < 4.78 is 0. The van der Waals surface area contributed by atoms with Crippen molar-refractivity contribution < 1.29 is 4.92 Å². The molecule has 0 aliphatic carbocycles. The van der Waals surface area contributed by atoms with Crippen LogP contribution in [-0.4, -0.2) is 35.9 Å². The molecule has 0 radical (unpaired) electrons. The molecule has 0 bridgehead atoms. The predicted molar refractivity (Wildman–Crippen MR) is 98.7 cm³/mol. The largest absolute Gasteiger partial charge is 0.352 e. The number of halogens is 1. The van der Waals surface area contributed by atoms with Gasteiger partial charge in [0.05, 0.1) is 4.92 Å². The second-order valence-electron chi connectivity index (χ2n) is 5.52. The van der Waals surface area contributed by atoms with Gasteiger partial charge in [0.1, 0.15) is 0 Å². The number of likely N-dealkylation sites (tertiary alicyclic amines) is 1. The number of benzene rings is 1. The van der Waals surface area contributed by atoms with Gasteiger partial charge in [-0.2, -0.15) is 0 Å². The van der Waals surface area contributed by atoms with Crippen molar-refractivity contribution >= 4 is 35.6 Å². The van der Waals surface area contributed by atoms with Crippen LogP contribution in [-0.2, 0) is 6.54 Å². The molecule has 1 aliphatic rings. The van der Waals surface area contributed by atoms with E-state index in [1.54, 1.807) is 19.2 Å².